The summed E-state index contributed by atoms with van der Waals surface area (Å²) in [5.41, 5.74) is 3.33. The minimum absolute atomic E-state index is 0. The first-order valence-electron chi connectivity index (χ1n) is 9.82. The molecule has 1 unspecified atom stereocenters. The van der Waals surface area contributed by atoms with Gasteiger partial charge in [-0.2, -0.15) is 5.10 Å². The molecule has 1 fully saturated rings. The molecule has 2 heterocycles. The normalized spacial score (nSPS) is 16.6. The summed E-state index contributed by atoms with van der Waals surface area (Å²) in [6.07, 6.45) is 7.61. The topological polar surface area (TPSA) is 61.0 Å². The third-order valence-electron chi connectivity index (χ3n) is 5.12. The number of hydrogen-bond acceptors (Lipinski definition) is 3. The van der Waals surface area contributed by atoms with E-state index in [2.05, 4.69) is 33.7 Å². The predicted molar refractivity (Wildman–Crippen MR) is 112 cm³/mol. The van der Waals surface area contributed by atoms with Crippen molar-refractivity contribution in [3.8, 4) is 11.3 Å². The van der Waals surface area contributed by atoms with E-state index in [0.717, 1.165) is 62.9 Å². The lowest BCUT2D eigenvalue weighted by Crippen LogP contribution is -2.47. The van der Waals surface area contributed by atoms with Crippen molar-refractivity contribution in [3.05, 3.63) is 42.1 Å². The van der Waals surface area contributed by atoms with Crippen LogP contribution in [0.2, 0.25) is 0 Å². The van der Waals surface area contributed by atoms with Gasteiger partial charge in [-0.15, -0.1) is 12.4 Å². The van der Waals surface area contributed by atoms with Crippen molar-refractivity contribution in [2.45, 2.75) is 51.0 Å². The molecule has 1 aromatic carbocycles. The Bertz CT molecular complexity index is 682. The molecule has 5 nitrogen and oxygen atoms in total. The third-order valence-corrected chi connectivity index (χ3v) is 5.12. The van der Waals surface area contributed by atoms with Crippen molar-refractivity contribution in [1.82, 2.24) is 20.4 Å². The fourth-order valence-electron chi connectivity index (χ4n) is 3.53. The van der Waals surface area contributed by atoms with Crippen LogP contribution in [0.4, 0.5) is 0 Å². The summed E-state index contributed by atoms with van der Waals surface area (Å²) < 4.78 is 0. The number of nitrogens with zero attached hydrogens (tertiary/aromatic N) is 2. The Morgan fingerprint density at radius 2 is 2.00 bits per heavy atom. The van der Waals surface area contributed by atoms with Crippen molar-refractivity contribution in [2.75, 3.05) is 20.1 Å². The lowest BCUT2D eigenvalue weighted by atomic mass is 10.0. The molecule has 0 saturated carbocycles. The number of carbonyl (C=O) groups is 1. The number of aryl methyl sites for hydroxylation is 1. The van der Waals surface area contributed by atoms with Crippen LogP contribution in [0.15, 0.2) is 36.4 Å². The van der Waals surface area contributed by atoms with E-state index in [9.17, 15) is 4.79 Å². The number of piperidine rings is 1. The van der Waals surface area contributed by atoms with Gasteiger partial charge >= 0.3 is 0 Å². The summed E-state index contributed by atoms with van der Waals surface area (Å²) in [6.45, 7) is 1.81. The summed E-state index contributed by atoms with van der Waals surface area (Å²) >= 11 is 0. The molecule has 2 aromatic rings. The molecule has 1 atom stereocenters. The molecule has 1 amide bonds. The van der Waals surface area contributed by atoms with E-state index < -0.39 is 0 Å². The lowest BCUT2D eigenvalue weighted by Gasteiger charge is -2.27. The quantitative estimate of drug-likeness (QED) is 0.673. The number of amides is 1. The number of aromatic amines is 1. The van der Waals surface area contributed by atoms with Gasteiger partial charge < -0.3 is 10.2 Å². The van der Waals surface area contributed by atoms with E-state index in [1.807, 2.05) is 30.1 Å². The molecule has 2 N–H and O–H groups in total. The average molecular weight is 391 g/mol. The summed E-state index contributed by atoms with van der Waals surface area (Å²) in [7, 11) is 1.93. The standard InChI is InChI=1S/C21H30N4O.ClH/c1-25(21(26)19-13-7-8-14-22-19)15-9-3-6-12-18-16-20(24-23-18)17-10-4-2-5-11-17;/h2,4-5,10-11,16,19,22H,3,6-9,12-15H2,1H3,(H,23,24);1H. The second-order valence-electron chi connectivity index (χ2n) is 7.22. The molecule has 27 heavy (non-hydrogen) atoms. The summed E-state index contributed by atoms with van der Waals surface area (Å²) in [4.78, 5) is 14.3. The Balaban J connectivity index is 0.00000261. The lowest BCUT2D eigenvalue weighted by molar-refractivity contribution is -0.132. The van der Waals surface area contributed by atoms with Crippen LogP contribution in [0.3, 0.4) is 0 Å². The van der Waals surface area contributed by atoms with Gasteiger partial charge in [0.05, 0.1) is 11.7 Å². The van der Waals surface area contributed by atoms with E-state index in [1.165, 1.54) is 12.1 Å². The first kappa shape index (κ1) is 21.5. The molecule has 148 valence electrons. The molecule has 0 spiro atoms. The van der Waals surface area contributed by atoms with Crippen molar-refractivity contribution in [2.24, 2.45) is 0 Å². The van der Waals surface area contributed by atoms with Gasteiger partial charge in [-0.05, 0) is 44.7 Å². The zero-order valence-electron chi connectivity index (χ0n) is 16.1. The monoisotopic (exact) mass is 390 g/mol. The zero-order chi connectivity index (χ0) is 18.2. The highest BCUT2D eigenvalue weighted by Gasteiger charge is 2.23. The summed E-state index contributed by atoms with van der Waals surface area (Å²) in [5.74, 6) is 0.255. The van der Waals surface area contributed by atoms with Gasteiger partial charge in [-0.25, -0.2) is 0 Å². The number of benzene rings is 1. The summed E-state index contributed by atoms with van der Waals surface area (Å²) in [5, 5.41) is 10.9. The molecule has 1 aliphatic rings. The average Bonchev–Trinajstić information content (AvgIpc) is 3.17. The van der Waals surface area contributed by atoms with Crippen molar-refractivity contribution >= 4 is 18.3 Å². The molecule has 0 bridgehead atoms. The van der Waals surface area contributed by atoms with Crippen LogP contribution >= 0.6 is 12.4 Å². The van der Waals surface area contributed by atoms with Crippen LogP contribution in [-0.2, 0) is 11.2 Å². The van der Waals surface area contributed by atoms with E-state index in [0.29, 0.717) is 0 Å². The maximum atomic E-state index is 12.4. The number of halogens is 1. The summed E-state index contributed by atoms with van der Waals surface area (Å²) in [6, 6.07) is 12.4. The maximum absolute atomic E-state index is 12.4. The van der Waals surface area contributed by atoms with Gasteiger partial charge in [0.25, 0.3) is 0 Å². The van der Waals surface area contributed by atoms with Crippen LogP contribution < -0.4 is 5.32 Å². The SMILES string of the molecule is CN(CCCCCc1cc(-c2ccccc2)n[nH]1)C(=O)C1CCCCN1.Cl. The largest absolute Gasteiger partial charge is 0.344 e. The molecule has 0 radical (unpaired) electrons. The van der Waals surface area contributed by atoms with Gasteiger partial charge in [0.2, 0.25) is 5.91 Å². The van der Waals surface area contributed by atoms with Crippen LogP contribution in [0.1, 0.15) is 44.2 Å². The van der Waals surface area contributed by atoms with Gasteiger partial charge in [-0.3, -0.25) is 9.89 Å². The van der Waals surface area contributed by atoms with Gasteiger partial charge in [0.15, 0.2) is 0 Å². The van der Waals surface area contributed by atoms with Crippen LogP contribution in [0.25, 0.3) is 11.3 Å². The van der Waals surface area contributed by atoms with Crippen molar-refractivity contribution < 1.29 is 4.79 Å². The molecule has 1 saturated heterocycles. The highest BCUT2D eigenvalue weighted by molar-refractivity contribution is 5.85. The van der Waals surface area contributed by atoms with E-state index in [-0.39, 0.29) is 24.4 Å². The van der Waals surface area contributed by atoms with E-state index in [4.69, 9.17) is 0 Å². The second kappa shape index (κ2) is 11.1. The number of unbranched alkanes of at least 4 members (excludes halogenated alkanes) is 2. The minimum Gasteiger partial charge on any atom is -0.344 e. The Morgan fingerprint density at radius 1 is 1.19 bits per heavy atom. The molecular weight excluding hydrogens is 360 g/mol. The Morgan fingerprint density at radius 3 is 2.74 bits per heavy atom. The smallest absolute Gasteiger partial charge is 0.239 e. The third kappa shape index (κ3) is 6.36. The minimum atomic E-state index is 0. The number of H-pyrrole nitrogens is 1. The highest BCUT2D eigenvalue weighted by atomic mass is 35.5. The molecule has 1 aliphatic heterocycles. The van der Waals surface area contributed by atoms with E-state index >= 15 is 0 Å². The predicted octanol–water partition coefficient (Wildman–Crippen LogP) is 3.81. The molecule has 6 heteroatoms. The van der Waals surface area contributed by atoms with Gasteiger partial charge in [0.1, 0.15) is 0 Å². The number of rotatable bonds is 8. The second-order valence-corrected chi connectivity index (χ2v) is 7.22. The maximum Gasteiger partial charge on any atom is 0.239 e. The molecule has 0 aliphatic carbocycles. The number of aromatic nitrogens is 2. The first-order chi connectivity index (χ1) is 12.7. The fourth-order valence-corrected chi connectivity index (χ4v) is 3.53. The van der Waals surface area contributed by atoms with Crippen molar-refractivity contribution in [1.29, 1.82) is 0 Å². The fraction of sp³-hybridized carbons (Fsp3) is 0.524. The van der Waals surface area contributed by atoms with Crippen molar-refractivity contribution in [3.63, 3.8) is 0 Å². The van der Waals surface area contributed by atoms with Crippen LogP contribution in [-0.4, -0.2) is 47.2 Å². The number of nitrogens with one attached hydrogen (secondary N) is 2. The number of likely N-dealkylation sites (N-methyl/N-ethyl adjacent to an activating group) is 1. The van der Waals surface area contributed by atoms with Gasteiger partial charge in [0, 0.05) is 24.8 Å². The molecular formula is C21H31ClN4O. The Kier molecular flexibility index (Phi) is 8.82. The molecule has 1 aromatic heterocycles. The Hall–Kier alpha value is -1.85. The van der Waals surface area contributed by atoms with Gasteiger partial charge in [-0.1, -0.05) is 43.2 Å². The first-order valence-corrected chi connectivity index (χ1v) is 9.82. The number of hydrogen-bond donors (Lipinski definition) is 2. The highest BCUT2D eigenvalue weighted by Crippen LogP contribution is 2.18. The van der Waals surface area contributed by atoms with E-state index in [1.54, 1.807) is 0 Å². The molecule has 3 rings (SSSR count). The van der Waals surface area contributed by atoms with Crippen LogP contribution in [0.5, 0.6) is 0 Å². The number of carbonyl (C=O) groups excluding carboxylic acids is 1. The van der Waals surface area contributed by atoms with Crippen LogP contribution in [0, 0.1) is 0 Å². The Labute approximate surface area is 168 Å². The zero-order valence-corrected chi connectivity index (χ0v) is 16.9.